The number of nitrogens with one attached hydrogen (secondary N) is 1. The number of aromatic nitrogens is 1. The molecule has 1 aromatic heterocycles. The van der Waals surface area contributed by atoms with E-state index in [2.05, 4.69) is 54.1 Å². The van der Waals surface area contributed by atoms with Crippen LogP contribution in [-0.4, -0.2) is 35.6 Å². The quantitative estimate of drug-likeness (QED) is 0.865. The Morgan fingerprint density at radius 3 is 2.71 bits per heavy atom. The van der Waals surface area contributed by atoms with Crippen molar-refractivity contribution in [3.63, 3.8) is 0 Å². The van der Waals surface area contributed by atoms with E-state index in [0.29, 0.717) is 12.0 Å². The summed E-state index contributed by atoms with van der Waals surface area (Å²) in [5.74, 6) is 0.662. The third kappa shape index (κ3) is 3.11. The van der Waals surface area contributed by atoms with Crippen molar-refractivity contribution in [1.82, 2.24) is 14.8 Å². The van der Waals surface area contributed by atoms with Crippen LogP contribution in [0.25, 0.3) is 0 Å². The molecule has 0 aliphatic carbocycles. The van der Waals surface area contributed by atoms with Crippen LogP contribution in [0.4, 0.5) is 0 Å². The van der Waals surface area contributed by atoms with Crippen molar-refractivity contribution in [1.29, 1.82) is 0 Å². The molecule has 0 saturated carbocycles. The fourth-order valence-electron chi connectivity index (χ4n) is 2.86. The molecule has 0 spiro atoms. The fraction of sp³-hybridized carbons (Fsp3) is 0.714. The maximum absolute atomic E-state index is 3.48. The minimum Gasteiger partial charge on any atom is -0.357 e. The lowest BCUT2D eigenvalue weighted by Gasteiger charge is -2.33. The molecule has 1 unspecified atom stereocenters. The molecular weight excluding hydrogens is 210 g/mol. The Morgan fingerprint density at radius 2 is 2.06 bits per heavy atom. The van der Waals surface area contributed by atoms with Gasteiger partial charge in [-0.3, -0.25) is 4.90 Å². The molecule has 3 heteroatoms. The Bertz CT molecular complexity index is 335. The average molecular weight is 235 g/mol. The van der Waals surface area contributed by atoms with Crippen LogP contribution < -0.4 is 5.32 Å². The molecule has 96 valence electrons. The van der Waals surface area contributed by atoms with Crippen molar-refractivity contribution in [2.75, 3.05) is 26.2 Å². The predicted molar refractivity (Wildman–Crippen MR) is 72.1 cm³/mol. The number of hydrogen-bond acceptors (Lipinski definition) is 2. The summed E-state index contributed by atoms with van der Waals surface area (Å²) in [6, 6.07) is 2.83. The number of nitrogens with zero attached hydrogens (tertiary/aromatic N) is 2. The van der Waals surface area contributed by atoms with Crippen molar-refractivity contribution in [3.8, 4) is 0 Å². The molecule has 1 atom stereocenters. The second-order valence-electron chi connectivity index (χ2n) is 5.44. The van der Waals surface area contributed by atoms with Gasteiger partial charge in [-0.25, -0.2) is 0 Å². The van der Waals surface area contributed by atoms with Crippen LogP contribution in [0.1, 0.15) is 31.9 Å². The van der Waals surface area contributed by atoms with Crippen molar-refractivity contribution in [2.24, 2.45) is 13.0 Å². The minimum atomic E-state index is 0.566. The predicted octanol–water partition coefficient (Wildman–Crippen LogP) is 2.02. The third-order valence-electron chi connectivity index (χ3n) is 3.60. The van der Waals surface area contributed by atoms with Gasteiger partial charge in [-0.05, 0) is 30.5 Å². The zero-order valence-corrected chi connectivity index (χ0v) is 11.3. The van der Waals surface area contributed by atoms with E-state index in [-0.39, 0.29) is 0 Å². The highest BCUT2D eigenvalue weighted by Crippen LogP contribution is 2.29. The van der Waals surface area contributed by atoms with Crippen LogP contribution in [0.15, 0.2) is 18.5 Å². The molecule has 0 amide bonds. The molecule has 1 saturated heterocycles. The van der Waals surface area contributed by atoms with Crippen LogP contribution in [0.3, 0.4) is 0 Å². The second kappa shape index (κ2) is 5.69. The third-order valence-corrected chi connectivity index (χ3v) is 3.60. The first-order valence-corrected chi connectivity index (χ1v) is 6.75. The van der Waals surface area contributed by atoms with E-state index in [0.717, 1.165) is 19.6 Å². The lowest BCUT2D eigenvalue weighted by molar-refractivity contribution is 0.166. The molecule has 17 heavy (non-hydrogen) atoms. The summed E-state index contributed by atoms with van der Waals surface area (Å²) in [7, 11) is 2.10. The van der Waals surface area contributed by atoms with Crippen LogP contribution >= 0.6 is 0 Å². The molecule has 0 aromatic carbocycles. The summed E-state index contributed by atoms with van der Waals surface area (Å²) in [6.45, 7) is 9.32. The van der Waals surface area contributed by atoms with Gasteiger partial charge in [0.05, 0.1) is 0 Å². The van der Waals surface area contributed by atoms with Gasteiger partial charge < -0.3 is 9.88 Å². The Balaban J connectivity index is 2.15. The molecule has 0 bridgehead atoms. The highest BCUT2D eigenvalue weighted by molar-refractivity contribution is 5.16. The lowest BCUT2D eigenvalue weighted by Crippen LogP contribution is -2.34. The zero-order valence-electron chi connectivity index (χ0n) is 11.3. The highest BCUT2D eigenvalue weighted by Gasteiger charge is 2.24. The smallest absolute Gasteiger partial charge is 0.0386 e. The molecule has 1 fully saturated rings. The van der Waals surface area contributed by atoms with Crippen molar-refractivity contribution in [2.45, 2.75) is 26.3 Å². The first-order valence-electron chi connectivity index (χ1n) is 6.75. The van der Waals surface area contributed by atoms with Gasteiger partial charge in [0.1, 0.15) is 0 Å². The normalized spacial score (nSPS) is 20.5. The van der Waals surface area contributed by atoms with Crippen LogP contribution in [0.5, 0.6) is 0 Å². The van der Waals surface area contributed by atoms with Gasteiger partial charge in [0, 0.05) is 45.1 Å². The Hall–Kier alpha value is -0.800. The summed E-state index contributed by atoms with van der Waals surface area (Å²) in [4.78, 5) is 2.64. The highest BCUT2D eigenvalue weighted by atomic mass is 15.2. The number of rotatable bonds is 3. The average Bonchev–Trinajstić information content (AvgIpc) is 2.53. The van der Waals surface area contributed by atoms with Crippen molar-refractivity contribution >= 4 is 0 Å². The van der Waals surface area contributed by atoms with E-state index in [1.807, 2.05) is 0 Å². The fourth-order valence-corrected chi connectivity index (χ4v) is 2.86. The van der Waals surface area contributed by atoms with Crippen molar-refractivity contribution in [3.05, 3.63) is 24.0 Å². The van der Waals surface area contributed by atoms with Gasteiger partial charge in [0.25, 0.3) is 0 Å². The SMILES string of the molecule is CC(C)C(c1ccn(C)c1)N1CCCNCC1. The first kappa shape index (κ1) is 12.7. The summed E-state index contributed by atoms with van der Waals surface area (Å²) >= 11 is 0. The second-order valence-corrected chi connectivity index (χ2v) is 5.44. The van der Waals surface area contributed by atoms with Crippen LogP contribution in [-0.2, 0) is 7.05 Å². The summed E-state index contributed by atoms with van der Waals surface area (Å²) in [5, 5.41) is 3.48. The Morgan fingerprint density at radius 1 is 1.24 bits per heavy atom. The number of hydrogen-bond donors (Lipinski definition) is 1. The molecule has 2 rings (SSSR count). The van der Waals surface area contributed by atoms with E-state index >= 15 is 0 Å². The first-order chi connectivity index (χ1) is 8.18. The maximum Gasteiger partial charge on any atom is 0.0386 e. The maximum atomic E-state index is 3.48. The van der Waals surface area contributed by atoms with Gasteiger partial charge in [0.2, 0.25) is 0 Å². The van der Waals surface area contributed by atoms with E-state index < -0.39 is 0 Å². The minimum absolute atomic E-state index is 0.566. The molecule has 0 radical (unpaired) electrons. The largest absolute Gasteiger partial charge is 0.357 e. The topological polar surface area (TPSA) is 20.2 Å². The summed E-state index contributed by atoms with van der Waals surface area (Å²) in [6.07, 6.45) is 5.68. The van der Waals surface area contributed by atoms with E-state index in [1.165, 1.54) is 18.5 Å². The zero-order chi connectivity index (χ0) is 12.3. The molecule has 1 aromatic rings. The standard InChI is InChI=1S/C14H25N3/c1-12(2)14(13-5-9-16(3)11-13)17-8-4-6-15-7-10-17/h5,9,11-12,14-15H,4,6-8,10H2,1-3H3. The van der Waals surface area contributed by atoms with Gasteiger partial charge in [0.15, 0.2) is 0 Å². The molecule has 1 aliphatic rings. The molecule has 3 nitrogen and oxygen atoms in total. The molecule has 1 aliphatic heterocycles. The molecular formula is C14H25N3. The Labute approximate surface area is 105 Å². The van der Waals surface area contributed by atoms with Gasteiger partial charge in [-0.1, -0.05) is 13.8 Å². The van der Waals surface area contributed by atoms with Crippen LogP contribution in [0.2, 0.25) is 0 Å². The molecule has 2 heterocycles. The van der Waals surface area contributed by atoms with Crippen LogP contribution in [0, 0.1) is 5.92 Å². The van der Waals surface area contributed by atoms with Gasteiger partial charge in [-0.15, -0.1) is 0 Å². The monoisotopic (exact) mass is 235 g/mol. The lowest BCUT2D eigenvalue weighted by atomic mass is 9.96. The van der Waals surface area contributed by atoms with E-state index in [4.69, 9.17) is 0 Å². The van der Waals surface area contributed by atoms with E-state index in [9.17, 15) is 0 Å². The van der Waals surface area contributed by atoms with Gasteiger partial charge in [-0.2, -0.15) is 0 Å². The Kier molecular flexibility index (Phi) is 4.24. The summed E-state index contributed by atoms with van der Waals surface area (Å²) < 4.78 is 2.15. The van der Waals surface area contributed by atoms with Gasteiger partial charge >= 0.3 is 0 Å². The van der Waals surface area contributed by atoms with Crippen molar-refractivity contribution < 1.29 is 0 Å². The van der Waals surface area contributed by atoms with E-state index in [1.54, 1.807) is 0 Å². The molecule has 1 N–H and O–H groups in total. The number of aryl methyl sites for hydroxylation is 1. The summed E-state index contributed by atoms with van der Waals surface area (Å²) in [5.41, 5.74) is 1.46.